The molecule has 0 fully saturated rings. The van der Waals surface area contributed by atoms with Crippen LogP contribution in [0.5, 0.6) is 0 Å². The fourth-order valence-electron chi connectivity index (χ4n) is 2.34. The molecule has 0 atom stereocenters. The molecule has 0 aliphatic heterocycles. The minimum atomic E-state index is -0.241. The molecule has 0 saturated heterocycles. The zero-order valence-electron chi connectivity index (χ0n) is 13.9. The first kappa shape index (κ1) is 17.3. The van der Waals surface area contributed by atoms with Crippen molar-refractivity contribution in [2.45, 2.75) is 40.5 Å². The summed E-state index contributed by atoms with van der Waals surface area (Å²) in [4.78, 5) is 34.3. The summed E-state index contributed by atoms with van der Waals surface area (Å²) in [6.07, 6.45) is 1.62. The molecule has 0 bridgehead atoms. The number of carbonyl (C=O) groups excluding carboxylic acids is 2. The highest BCUT2D eigenvalue weighted by atomic mass is 32.1. The van der Waals surface area contributed by atoms with Crippen LogP contribution in [0.4, 0.5) is 0 Å². The third-order valence-corrected chi connectivity index (χ3v) is 4.71. The van der Waals surface area contributed by atoms with Gasteiger partial charge in [-0.3, -0.25) is 9.59 Å². The lowest BCUT2D eigenvalue weighted by Crippen LogP contribution is -2.37. The number of hydrogen-bond acceptors (Lipinski definition) is 5. The fourth-order valence-corrected chi connectivity index (χ4v) is 3.50. The molecule has 2 aromatic heterocycles. The number of aryl methyl sites for hydroxylation is 3. The molecule has 0 aromatic carbocycles. The van der Waals surface area contributed by atoms with Crippen LogP contribution in [-0.4, -0.2) is 34.9 Å². The van der Waals surface area contributed by atoms with Crippen molar-refractivity contribution in [2.24, 2.45) is 0 Å². The zero-order valence-corrected chi connectivity index (χ0v) is 14.8. The van der Waals surface area contributed by atoms with Crippen molar-refractivity contribution in [1.29, 1.82) is 0 Å². The van der Waals surface area contributed by atoms with Crippen LogP contribution in [0.3, 0.4) is 0 Å². The lowest BCUT2D eigenvalue weighted by Gasteiger charge is -2.05. The molecule has 0 spiro atoms. The smallest absolute Gasteiger partial charge is 0.262 e. The molecule has 0 radical (unpaired) electrons. The Morgan fingerprint density at radius 2 is 1.87 bits per heavy atom. The second-order valence-corrected chi connectivity index (χ2v) is 6.35. The predicted octanol–water partition coefficient (Wildman–Crippen LogP) is 2.13. The molecule has 6 nitrogen and oxygen atoms in total. The van der Waals surface area contributed by atoms with Gasteiger partial charge in [0.2, 0.25) is 5.91 Å². The van der Waals surface area contributed by atoms with Crippen LogP contribution < -0.4 is 10.6 Å². The van der Waals surface area contributed by atoms with E-state index >= 15 is 0 Å². The summed E-state index contributed by atoms with van der Waals surface area (Å²) in [6, 6.07) is 0. The first-order valence-corrected chi connectivity index (χ1v) is 8.61. The summed E-state index contributed by atoms with van der Waals surface area (Å²) in [5.41, 5.74) is 1.76. The van der Waals surface area contributed by atoms with Gasteiger partial charge in [0.1, 0.15) is 10.7 Å². The lowest BCUT2D eigenvalue weighted by molar-refractivity contribution is -0.120. The number of thiophene rings is 1. The summed E-state index contributed by atoms with van der Waals surface area (Å²) < 4.78 is 0. The van der Waals surface area contributed by atoms with Gasteiger partial charge in [-0.15, -0.1) is 11.3 Å². The van der Waals surface area contributed by atoms with E-state index in [0.29, 0.717) is 11.4 Å². The van der Waals surface area contributed by atoms with Crippen LogP contribution in [0, 0.1) is 13.8 Å². The van der Waals surface area contributed by atoms with Crippen molar-refractivity contribution in [1.82, 2.24) is 20.6 Å². The Labute approximate surface area is 139 Å². The molecular formula is C16H22N4O2S. The number of carbonyl (C=O) groups is 2. The second-order valence-electron chi connectivity index (χ2n) is 5.35. The van der Waals surface area contributed by atoms with Gasteiger partial charge in [-0.25, -0.2) is 9.97 Å². The minimum Gasteiger partial charge on any atom is -0.355 e. The molecule has 23 heavy (non-hydrogen) atoms. The zero-order chi connectivity index (χ0) is 17.0. The third kappa shape index (κ3) is 3.85. The highest BCUT2D eigenvalue weighted by Crippen LogP contribution is 2.31. The van der Waals surface area contributed by atoms with Crippen molar-refractivity contribution >= 4 is 33.4 Å². The van der Waals surface area contributed by atoms with Crippen LogP contribution in [0.25, 0.3) is 10.2 Å². The van der Waals surface area contributed by atoms with Gasteiger partial charge in [0.25, 0.3) is 5.91 Å². The highest BCUT2D eigenvalue weighted by Gasteiger charge is 2.19. The SMILES string of the molecule is CCCNC(=O)CNC(=O)c1sc2nc(CC)nc(C)c2c1C. The summed E-state index contributed by atoms with van der Waals surface area (Å²) in [5.74, 6) is 0.361. The second kappa shape index (κ2) is 7.50. The Balaban J connectivity index is 2.19. The Bertz CT molecular complexity index is 739. The lowest BCUT2D eigenvalue weighted by atomic mass is 10.1. The van der Waals surface area contributed by atoms with Gasteiger partial charge >= 0.3 is 0 Å². The van der Waals surface area contributed by atoms with Crippen LogP contribution in [0.2, 0.25) is 0 Å². The summed E-state index contributed by atoms with van der Waals surface area (Å²) in [5, 5.41) is 6.34. The van der Waals surface area contributed by atoms with Crippen molar-refractivity contribution in [3.8, 4) is 0 Å². The van der Waals surface area contributed by atoms with Crippen LogP contribution >= 0.6 is 11.3 Å². The van der Waals surface area contributed by atoms with Crippen molar-refractivity contribution in [2.75, 3.05) is 13.1 Å². The van der Waals surface area contributed by atoms with Gasteiger partial charge in [0.15, 0.2) is 0 Å². The molecular weight excluding hydrogens is 312 g/mol. The molecule has 0 aliphatic carbocycles. The van der Waals surface area contributed by atoms with E-state index in [9.17, 15) is 9.59 Å². The molecule has 124 valence electrons. The molecule has 7 heteroatoms. The maximum Gasteiger partial charge on any atom is 0.262 e. The van der Waals surface area contributed by atoms with Gasteiger partial charge in [0.05, 0.1) is 11.4 Å². The van der Waals surface area contributed by atoms with Crippen molar-refractivity contribution < 1.29 is 9.59 Å². The maximum absolute atomic E-state index is 12.4. The Kier molecular flexibility index (Phi) is 5.65. The maximum atomic E-state index is 12.4. The molecule has 2 heterocycles. The van der Waals surface area contributed by atoms with E-state index in [1.165, 1.54) is 11.3 Å². The summed E-state index contributed by atoms with van der Waals surface area (Å²) in [6.45, 7) is 8.41. The largest absolute Gasteiger partial charge is 0.355 e. The molecule has 2 amide bonds. The monoisotopic (exact) mass is 334 g/mol. The number of nitrogens with one attached hydrogen (secondary N) is 2. The number of amides is 2. The van der Waals surface area contributed by atoms with E-state index in [4.69, 9.17) is 0 Å². The normalized spacial score (nSPS) is 10.8. The van der Waals surface area contributed by atoms with Gasteiger partial charge in [-0.05, 0) is 25.8 Å². The predicted molar refractivity (Wildman–Crippen MR) is 91.9 cm³/mol. The molecule has 0 unspecified atom stereocenters. The van der Waals surface area contributed by atoms with Crippen LogP contribution in [0.1, 0.15) is 47.0 Å². The fraction of sp³-hybridized carbons (Fsp3) is 0.500. The van der Waals surface area contributed by atoms with E-state index in [-0.39, 0.29) is 18.4 Å². The number of fused-ring (bicyclic) bond motifs is 1. The van der Waals surface area contributed by atoms with Gasteiger partial charge in [0, 0.05) is 24.0 Å². The first-order chi connectivity index (χ1) is 11.0. The standard InChI is InChI=1S/C16H22N4O2S/c1-5-7-17-12(21)8-18-15(22)14-9(3)13-10(4)19-11(6-2)20-16(13)23-14/h5-8H2,1-4H3,(H,17,21)(H,18,22). The molecule has 2 rings (SSSR count). The van der Waals surface area contributed by atoms with E-state index in [1.54, 1.807) is 0 Å². The van der Waals surface area contributed by atoms with Gasteiger partial charge in [-0.2, -0.15) is 0 Å². The minimum absolute atomic E-state index is 0.0165. The molecule has 2 aromatic rings. The average Bonchev–Trinajstić information content (AvgIpc) is 2.87. The Morgan fingerprint density at radius 1 is 1.13 bits per heavy atom. The van der Waals surface area contributed by atoms with Crippen LogP contribution in [0.15, 0.2) is 0 Å². The van der Waals surface area contributed by atoms with E-state index in [1.807, 2.05) is 27.7 Å². The number of rotatable bonds is 6. The van der Waals surface area contributed by atoms with Gasteiger partial charge in [-0.1, -0.05) is 13.8 Å². The molecule has 2 N–H and O–H groups in total. The van der Waals surface area contributed by atoms with Crippen molar-refractivity contribution in [3.05, 3.63) is 22.0 Å². The van der Waals surface area contributed by atoms with E-state index in [2.05, 4.69) is 20.6 Å². The Hall–Kier alpha value is -2.02. The first-order valence-electron chi connectivity index (χ1n) is 7.79. The van der Waals surface area contributed by atoms with Gasteiger partial charge < -0.3 is 10.6 Å². The third-order valence-electron chi connectivity index (χ3n) is 3.52. The van der Waals surface area contributed by atoms with Crippen molar-refractivity contribution in [3.63, 3.8) is 0 Å². The topological polar surface area (TPSA) is 84.0 Å². The van der Waals surface area contributed by atoms with E-state index < -0.39 is 0 Å². The van der Waals surface area contributed by atoms with Crippen LogP contribution in [-0.2, 0) is 11.2 Å². The highest BCUT2D eigenvalue weighted by molar-refractivity contribution is 7.20. The molecule has 0 aliphatic rings. The summed E-state index contributed by atoms with van der Waals surface area (Å²) >= 11 is 1.35. The quantitative estimate of drug-likeness (QED) is 0.847. The number of hydrogen-bond donors (Lipinski definition) is 2. The van der Waals surface area contributed by atoms with E-state index in [0.717, 1.165) is 40.1 Å². The Morgan fingerprint density at radius 3 is 2.52 bits per heavy atom. The molecule has 0 saturated carbocycles. The average molecular weight is 334 g/mol. The number of nitrogens with zero attached hydrogens (tertiary/aromatic N) is 2. The number of aromatic nitrogens is 2. The summed E-state index contributed by atoms with van der Waals surface area (Å²) in [7, 11) is 0.